The molecule has 0 saturated carbocycles. The Hall–Kier alpha value is -1.59. The SMILES string of the molecule is COC1(Cc2ccc(NC(=O)OC(C)(C)C)cc2)CNC1. The Labute approximate surface area is 126 Å². The van der Waals surface area contributed by atoms with Crippen LogP contribution in [0.5, 0.6) is 0 Å². The van der Waals surface area contributed by atoms with E-state index in [9.17, 15) is 4.79 Å². The van der Waals surface area contributed by atoms with E-state index in [0.29, 0.717) is 0 Å². The average molecular weight is 292 g/mol. The summed E-state index contributed by atoms with van der Waals surface area (Å²) in [7, 11) is 1.75. The highest BCUT2D eigenvalue weighted by Crippen LogP contribution is 2.22. The van der Waals surface area contributed by atoms with E-state index in [1.165, 1.54) is 5.56 Å². The number of amides is 1. The lowest BCUT2D eigenvalue weighted by molar-refractivity contribution is -0.0502. The molecule has 0 bridgehead atoms. The molecule has 21 heavy (non-hydrogen) atoms. The Morgan fingerprint density at radius 2 is 1.90 bits per heavy atom. The summed E-state index contributed by atoms with van der Waals surface area (Å²) in [5.41, 5.74) is 1.34. The van der Waals surface area contributed by atoms with Crippen molar-refractivity contribution in [2.24, 2.45) is 0 Å². The van der Waals surface area contributed by atoms with Gasteiger partial charge in [0.2, 0.25) is 0 Å². The topological polar surface area (TPSA) is 59.6 Å². The van der Waals surface area contributed by atoms with Crippen LogP contribution in [-0.4, -0.2) is 37.5 Å². The van der Waals surface area contributed by atoms with Gasteiger partial charge in [-0.2, -0.15) is 0 Å². The van der Waals surface area contributed by atoms with Gasteiger partial charge in [-0.3, -0.25) is 5.32 Å². The molecular formula is C16H24N2O3. The Balaban J connectivity index is 1.91. The maximum atomic E-state index is 11.7. The van der Waals surface area contributed by atoms with Gasteiger partial charge < -0.3 is 14.8 Å². The molecule has 5 heteroatoms. The molecule has 0 aliphatic carbocycles. The quantitative estimate of drug-likeness (QED) is 0.895. The zero-order chi connectivity index (χ0) is 15.5. The van der Waals surface area contributed by atoms with Crippen LogP contribution in [0.4, 0.5) is 10.5 Å². The van der Waals surface area contributed by atoms with Gasteiger partial charge in [0.1, 0.15) is 5.60 Å². The van der Waals surface area contributed by atoms with Gasteiger partial charge in [-0.25, -0.2) is 4.79 Å². The van der Waals surface area contributed by atoms with Crippen LogP contribution in [0.1, 0.15) is 26.3 Å². The van der Waals surface area contributed by atoms with Crippen molar-refractivity contribution in [2.75, 3.05) is 25.5 Å². The number of nitrogens with one attached hydrogen (secondary N) is 2. The highest BCUT2D eigenvalue weighted by atomic mass is 16.6. The minimum Gasteiger partial charge on any atom is -0.444 e. The third-order valence-corrected chi connectivity index (χ3v) is 3.45. The number of methoxy groups -OCH3 is 1. The fourth-order valence-electron chi connectivity index (χ4n) is 2.24. The fourth-order valence-corrected chi connectivity index (χ4v) is 2.24. The number of rotatable bonds is 4. The Kier molecular flexibility index (Phi) is 4.54. The van der Waals surface area contributed by atoms with E-state index in [-0.39, 0.29) is 5.60 Å². The molecule has 1 aliphatic rings. The molecule has 116 valence electrons. The Morgan fingerprint density at radius 3 is 2.33 bits per heavy atom. The van der Waals surface area contributed by atoms with Gasteiger partial charge in [-0.15, -0.1) is 0 Å². The van der Waals surface area contributed by atoms with Crippen molar-refractivity contribution in [3.63, 3.8) is 0 Å². The summed E-state index contributed by atoms with van der Waals surface area (Å²) in [6.07, 6.45) is 0.426. The number of hydrogen-bond donors (Lipinski definition) is 2. The highest BCUT2D eigenvalue weighted by Gasteiger charge is 2.36. The third-order valence-electron chi connectivity index (χ3n) is 3.45. The molecule has 0 aromatic heterocycles. The molecule has 2 rings (SSSR count). The van der Waals surface area contributed by atoms with Crippen molar-refractivity contribution in [1.82, 2.24) is 5.32 Å². The summed E-state index contributed by atoms with van der Waals surface area (Å²) in [6, 6.07) is 7.78. The lowest BCUT2D eigenvalue weighted by Gasteiger charge is -2.41. The molecule has 0 unspecified atom stereocenters. The molecule has 1 saturated heterocycles. The van der Waals surface area contributed by atoms with E-state index in [1.807, 2.05) is 45.0 Å². The smallest absolute Gasteiger partial charge is 0.412 e. The van der Waals surface area contributed by atoms with Crippen molar-refractivity contribution in [3.8, 4) is 0 Å². The number of benzene rings is 1. The first-order valence-corrected chi connectivity index (χ1v) is 7.17. The van der Waals surface area contributed by atoms with Crippen molar-refractivity contribution in [1.29, 1.82) is 0 Å². The van der Waals surface area contributed by atoms with E-state index in [2.05, 4.69) is 10.6 Å². The normalized spacial score (nSPS) is 17.0. The first-order chi connectivity index (χ1) is 9.82. The van der Waals surface area contributed by atoms with E-state index in [1.54, 1.807) is 7.11 Å². The first kappa shape index (κ1) is 15.8. The van der Waals surface area contributed by atoms with Crippen LogP contribution in [0.2, 0.25) is 0 Å². The number of carbonyl (C=O) groups is 1. The second-order valence-corrected chi connectivity index (χ2v) is 6.49. The van der Waals surface area contributed by atoms with Crippen LogP contribution < -0.4 is 10.6 Å². The molecule has 1 aromatic carbocycles. The van der Waals surface area contributed by atoms with Crippen LogP contribution in [-0.2, 0) is 15.9 Å². The lowest BCUT2D eigenvalue weighted by Crippen LogP contribution is -2.61. The van der Waals surface area contributed by atoms with E-state index < -0.39 is 11.7 Å². The van der Waals surface area contributed by atoms with Crippen LogP contribution in [0.3, 0.4) is 0 Å². The predicted molar refractivity (Wildman–Crippen MR) is 82.6 cm³/mol. The molecule has 2 N–H and O–H groups in total. The van der Waals surface area contributed by atoms with Crippen molar-refractivity contribution in [3.05, 3.63) is 29.8 Å². The van der Waals surface area contributed by atoms with Crippen molar-refractivity contribution in [2.45, 2.75) is 38.4 Å². The van der Waals surface area contributed by atoms with Crippen LogP contribution in [0.15, 0.2) is 24.3 Å². The zero-order valence-electron chi connectivity index (χ0n) is 13.2. The second kappa shape index (κ2) is 6.03. The predicted octanol–water partition coefficient (Wildman–Crippen LogP) is 2.56. The van der Waals surface area contributed by atoms with Crippen molar-refractivity contribution < 1.29 is 14.3 Å². The molecule has 1 heterocycles. The molecule has 1 fully saturated rings. The van der Waals surface area contributed by atoms with Gasteiger partial charge in [0, 0.05) is 32.3 Å². The van der Waals surface area contributed by atoms with Crippen LogP contribution in [0.25, 0.3) is 0 Å². The van der Waals surface area contributed by atoms with E-state index in [4.69, 9.17) is 9.47 Å². The highest BCUT2D eigenvalue weighted by molar-refractivity contribution is 5.84. The summed E-state index contributed by atoms with van der Waals surface area (Å²) in [5, 5.41) is 5.96. The molecule has 1 aromatic rings. The number of ether oxygens (including phenoxy) is 2. The Morgan fingerprint density at radius 1 is 1.29 bits per heavy atom. The number of hydrogen-bond acceptors (Lipinski definition) is 4. The Bertz CT molecular complexity index is 482. The summed E-state index contributed by atoms with van der Waals surface area (Å²) in [4.78, 5) is 11.7. The van der Waals surface area contributed by atoms with Gasteiger partial charge >= 0.3 is 6.09 Å². The second-order valence-electron chi connectivity index (χ2n) is 6.49. The molecule has 0 radical (unpaired) electrons. The molecule has 0 atom stereocenters. The maximum Gasteiger partial charge on any atom is 0.412 e. The fraction of sp³-hybridized carbons (Fsp3) is 0.562. The monoisotopic (exact) mass is 292 g/mol. The molecule has 1 aliphatic heterocycles. The third kappa shape index (κ3) is 4.44. The summed E-state index contributed by atoms with van der Waals surface area (Å²) in [6.45, 7) is 7.27. The molecule has 0 spiro atoms. The first-order valence-electron chi connectivity index (χ1n) is 7.17. The van der Waals surface area contributed by atoms with Crippen LogP contribution >= 0.6 is 0 Å². The number of anilines is 1. The lowest BCUT2D eigenvalue weighted by atomic mass is 9.89. The zero-order valence-corrected chi connectivity index (χ0v) is 13.2. The average Bonchev–Trinajstić information content (AvgIpc) is 2.33. The summed E-state index contributed by atoms with van der Waals surface area (Å²) in [5.74, 6) is 0. The number of carbonyl (C=O) groups excluding carboxylic acids is 1. The minimum atomic E-state index is -0.494. The summed E-state index contributed by atoms with van der Waals surface area (Å²) >= 11 is 0. The van der Waals surface area contributed by atoms with Gasteiger partial charge in [-0.1, -0.05) is 12.1 Å². The van der Waals surface area contributed by atoms with Gasteiger partial charge in [0.15, 0.2) is 0 Å². The van der Waals surface area contributed by atoms with Crippen LogP contribution in [0, 0.1) is 0 Å². The largest absolute Gasteiger partial charge is 0.444 e. The summed E-state index contributed by atoms with van der Waals surface area (Å²) < 4.78 is 10.8. The molecule has 1 amide bonds. The van der Waals surface area contributed by atoms with Gasteiger partial charge in [0.05, 0.1) is 5.60 Å². The van der Waals surface area contributed by atoms with Gasteiger partial charge in [-0.05, 0) is 38.5 Å². The van der Waals surface area contributed by atoms with Crippen molar-refractivity contribution >= 4 is 11.8 Å². The maximum absolute atomic E-state index is 11.7. The molecule has 5 nitrogen and oxygen atoms in total. The molecular weight excluding hydrogens is 268 g/mol. The van der Waals surface area contributed by atoms with Gasteiger partial charge in [0.25, 0.3) is 0 Å². The standard InChI is InChI=1S/C16H24N2O3/c1-15(2,3)21-14(19)18-13-7-5-12(6-8-13)9-16(20-4)10-17-11-16/h5-8,17H,9-11H2,1-4H3,(H,18,19). The van der Waals surface area contributed by atoms with E-state index >= 15 is 0 Å². The minimum absolute atomic E-state index is 0.0832. The van der Waals surface area contributed by atoms with E-state index in [0.717, 1.165) is 25.2 Å².